The van der Waals surface area contributed by atoms with Gasteiger partial charge in [0.1, 0.15) is 11.5 Å². The molecule has 0 saturated carbocycles. The molecule has 0 saturated heterocycles. The van der Waals surface area contributed by atoms with E-state index in [0.717, 1.165) is 17.8 Å². The van der Waals surface area contributed by atoms with Crippen molar-refractivity contribution in [1.82, 2.24) is 4.98 Å². The van der Waals surface area contributed by atoms with Gasteiger partial charge in [-0.15, -0.1) is 0 Å². The number of nitrogens with one attached hydrogen (secondary N) is 1. The van der Waals surface area contributed by atoms with Crippen molar-refractivity contribution in [3.05, 3.63) is 83.2 Å². The fourth-order valence-electron chi connectivity index (χ4n) is 3.06. The van der Waals surface area contributed by atoms with E-state index in [1.54, 1.807) is 43.3 Å². The van der Waals surface area contributed by atoms with Crippen LogP contribution in [0.4, 0.5) is 18.9 Å². The summed E-state index contributed by atoms with van der Waals surface area (Å²) < 4.78 is 49.5. The van der Waals surface area contributed by atoms with Crippen LogP contribution in [-0.2, 0) is 10.9 Å². The molecule has 0 spiro atoms. The molecule has 0 fully saturated rings. The molecule has 0 aliphatic heterocycles. The number of nitrogens with zero attached hydrogens (tertiary/aromatic N) is 1. The van der Waals surface area contributed by atoms with Gasteiger partial charge in [-0.25, -0.2) is 0 Å². The van der Waals surface area contributed by atoms with Crippen LogP contribution in [0, 0.1) is 6.92 Å². The van der Waals surface area contributed by atoms with Crippen LogP contribution < -0.4 is 10.1 Å². The first kappa shape index (κ1) is 23.3. The van der Waals surface area contributed by atoms with Gasteiger partial charge in [0.05, 0.1) is 28.6 Å². The number of anilines is 1. The van der Waals surface area contributed by atoms with Crippen LogP contribution in [0.1, 0.15) is 47.3 Å². The SMILES string of the molecule is CCOC(C)c1ccc(C(=O)Nc2ccc(Oc3cccc(C(F)(F)F)c3)cc2)c(C)n1. The summed E-state index contributed by atoms with van der Waals surface area (Å²) in [6.45, 7) is 6.12. The van der Waals surface area contributed by atoms with Gasteiger partial charge in [0.25, 0.3) is 5.91 Å². The van der Waals surface area contributed by atoms with Crippen molar-refractivity contribution in [2.45, 2.75) is 33.1 Å². The number of hydrogen-bond donors (Lipinski definition) is 1. The summed E-state index contributed by atoms with van der Waals surface area (Å²) in [5.41, 5.74) is 1.48. The third-order valence-corrected chi connectivity index (χ3v) is 4.69. The maximum absolute atomic E-state index is 12.8. The second-order valence-corrected chi connectivity index (χ2v) is 7.07. The lowest BCUT2D eigenvalue weighted by atomic mass is 10.1. The first-order chi connectivity index (χ1) is 15.2. The van der Waals surface area contributed by atoms with Crippen molar-refractivity contribution in [1.29, 1.82) is 0 Å². The number of hydrogen-bond acceptors (Lipinski definition) is 4. The molecule has 1 N–H and O–H groups in total. The van der Waals surface area contributed by atoms with Crippen molar-refractivity contribution in [3.8, 4) is 11.5 Å². The third-order valence-electron chi connectivity index (χ3n) is 4.69. The number of carbonyl (C=O) groups excluding carboxylic acids is 1. The van der Waals surface area contributed by atoms with E-state index >= 15 is 0 Å². The molecule has 0 radical (unpaired) electrons. The van der Waals surface area contributed by atoms with Crippen LogP contribution in [0.25, 0.3) is 0 Å². The fraction of sp³-hybridized carbons (Fsp3) is 0.250. The lowest BCUT2D eigenvalue weighted by Gasteiger charge is -2.14. The molecule has 3 rings (SSSR count). The molecule has 0 aliphatic rings. The number of pyridine rings is 1. The first-order valence-electron chi connectivity index (χ1n) is 10.0. The summed E-state index contributed by atoms with van der Waals surface area (Å²) in [5, 5.41) is 2.78. The lowest BCUT2D eigenvalue weighted by Crippen LogP contribution is -2.15. The molecular formula is C24H23F3N2O3. The Balaban J connectivity index is 1.66. The second-order valence-electron chi connectivity index (χ2n) is 7.07. The topological polar surface area (TPSA) is 60.5 Å². The van der Waals surface area contributed by atoms with E-state index in [1.165, 1.54) is 12.1 Å². The van der Waals surface area contributed by atoms with Crippen LogP contribution in [0.3, 0.4) is 0 Å². The molecule has 1 amide bonds. The Labute approximate surface area is 184 Å². The average molecular weight is 444 g/mol. The molecule has 32 heavy (non-hydrogen) atoms. The predicted molar refractivity (Wildman–Crippen MR) is 115 cm³/mol. The molecule has 8 heteroatoms. The summed E-state index contributed by atoms with van der Waals surface area (Å²) in [6.07, 6.45) is -4.61. The van der Waals surface area contributed by atoms with E-state index in [0.29, 0.717) is 29.3 Å². The van der Waals surface area contributed by atoms with Crippen molar-refractivity contribution in [3.63, 3.8) is 0 Å². The van der Waals surface area contributed by atoms with Crippen molar-refractivity contribution >= 4 is 11.6 Å². The maximum Gasteiger partial charge on any atom is 0.416 e. The molecule has 1 atom stereocenters. The molecule has 1 aromatic heterocycles. The van der Waals surface area contributed by atoms with E-state index in [1.807, 2.05) is 13.8 Å². The van der Waals surface area contributed by atoms with E-state index in [9.17, 15) is 18.0 Å². The standard InChI is InChI=1S/C24H23F3N2O3/c1-4-31-16(3)22-13-12-21(15(2)28-22)23(30)29-18-8-10-19(11-9-18)32-20-7-5-6-17(14-20)24(25,26)27/h5-14,16H,4H2,1-3H3,(H,29,30). The molecule has 0 aliphatic carbocycles. The van der Waals surface area contributed by atoms with Crippen LogP contribution in [0.5, 0.6) is 11.5 Å². The normalized spacial score (nSPS) is 12.3. The van der Waals surface area contributed by atoms with Gasteiger partial charge in [-0.1, -0.05) is 6.07 Å². The van der Waals surface area contributed by atoms with Gasteiger partial charge in [-0.2, -0.15) is 13.2 Å². The van der Waals surface area contributed by atoms with Gasteiger partial charge in [-0.05, 0) is 75.4 Å². The largest absolute Gasteiger partial charge is 0.457 e. The Morgan fingerprint density at radius 3 is 2.41 bits per heavy atom. The molecule has 3 aromatic rings. The number of aryl methyl sites for hydroxylation is 1. The van der Waals surface area contributed by atoms with Crippen LogP contribution in [0.2, 0.25) is 0 Å². The molecule has 0 bridgehead atoms. The van der Waals surface area contributed by atoms with Gasteiger partial charge in [0.2, 0.25) is 0 Å². The number of halogens is 3. The number of amides is 1. The Morgan fingerprint density at radius 1 is 1.06 bits per heavy atom. The molecule has 1 unspecified atom stereocenters. The van der Waals surface area contributed by atoms with Crippen molar-refractivity contribution < 1.29 is 27.4 Å². The first-order valence-corrected chi connectivity index (χ1v) is 10.0. The molecule has 2 aromatic carbocycles. The minimum Gasteiger partial charge on any atom is -0.457 e. The smallest absolute Gasteiger partial charge is 0.416 e. The van der Waals surface area contributed by atoms with Gasteiger partial charge in [-0.3, -0.25) is 9.78 Å². The van der Waals surface area contributed by atoms with Gasteiger partial charge in [0, 0.05) is 12.3 Å². The summed E-state index contributed by atoms with van der Waals surface area (Å²) in [6, 6.07) is 14.4. The van der Waals surface area contributed by atoms with Crippen LogP contribution in [0.15, 0.2) is 60.7 Å². The highest BCUT2D eigenvalue weighted by atomic mass is 19.4. The number of alkyl halides is 3. The zero-order valence-electron chi connectivity index (χ0n) is 17.9. The Morgan fingerprint density at radius 2 is 1.78 bits per heavy atom. The van der Waals surface area contributed by atoms with Crippen molar-refractivity contribution in [2.24, 2.45) is 0 Å². The Bertz CT molecular complexity index is 1080. The highest BCUT2D eigenvalue weighted by Crippen LogP contribution is 2.33. The summed E-state index contributed by atoms with van der Waals surface area (Å²) >= 11 is 0. The molecule has 1 heterocycles. The number of ether oxygens (including phenoxy) is 2. The van der Waals surface area contributed by atoms with E-state index in [2.05, 4.69) is 10.3 Å². The maximum atomic E-state index is 12.8. The lowest BCUT2D eigenvalue weighted by molar-refractivity contribution is -0.137. The van der Waals surface area contributed by atoms with E-state index in [4.69, 9.17) is 9.47 Å². The molecular weight excluding hydrogens is 421 g/mol. The minimum atomic E-state index is -4.44. The Kier molecular flexibility index (Phi) is 7.15. The van der Waals surface area contributed by atoms with E-state index < -0.39 is 11.7 Å². The van der Waals surface area contributed by atoms with Gasteiger partial charge >= 0.3 is 6.18 Å². The van der Waals surface area contributed by atoms with Gasteiger partial charge in [0.15, 0.2) is 0 Å². The number of aromatic nitrogens is 1. The highest BCUT2D eigenvalue weighted by molar-refractivity contribution is 6.05. The molecule has 5 nitrogen and oxygen atoms in total. The second kappa shape index (κ2) is 9.82. The monoisotopic (exact) mass is 444 g/mol. The fourth-order valence-corrected chi connectivity index (χ4v) is 3.06. The predicted octanol–water partition coefficient (Wildman–Crippen LogP) is 6.55. The van der Waals surface area contributed by atoms with Crippen molar-refractivity contribution in [2.75, 3.05) is 11.9 Å². The number of carbonyl (C=O) groups is 1. The minimum absolute atomic E-state index is 0.0691. The van der Waals surface area contributed by atoms with Gasteiger partial charge < -0.3 is 14.8 Å². The number of benzene rings is 2. The number of rotatable bonds is 7. The quantitative estimate of drug-likeness (QED) is 0.449. The average Bonchev–Trinajstić information content (AvgIpc) is 2.74. The zero-order valence-corrected chi connectivity index (χ0v) is 17.9. The summed E-state index contributed by atoms with van der Waals surface area (Å²) in [7, 11) is 0. The van der Waals surface area contributed by atoms with Crippen LogP contribution >= 0.6 is 0 Å². The zero-order chi connectivity index (χ0) is 23.3. The highest BCUT2D eigenvalue weighted by Gasteiger charge is 2.30. The third kappa shape index (κ3) is 5.85. The van der Waals surface area contributed by atoms with E-state index in [-0.39, 0.29) is 17.8 Å². The summed E-state index contributed by atoms with van der Waals surface area (Å²) in [4.78, 5) is 17.1. The Hall–Kier alpha value is -3.39. The molecule has 168 valence electrons. The summed E-state index contributed by atoms with van der Waals surface area (Å²) in [5.74, 6) is 0.0891. The van der Waals surface area contributed by atoms with Crippen LogP contribution in [-0.4, -0.2) is 17.5 Å².